The van der Waals surface area contributed by atoms with Crippen molar-refractivity contribution in [3.05, 3.63) is 78.2 Å². The fraction of sp³-hybridized carbons (Fsp3) is 0. The fourth-order valence-corrected chi connectivity index (χ4v) is 3.96. The molecule has 9 heteroatoms. The highest BCUT2D eigenvalue weighted by atomic mass is 32.1. The van der Waals surface area contributed by atoms with Crippen molar-refractivity contribution in [1.82, 2.24) is 19.4 Å². The second-order valence-electron chi connectivity index (χ2n) is 6.43. The lowest BCUT2D eigenvalue weighted by atomic mass is 10.2. The van der Waals surface area contributed by atoms with E-state index in [9.17, 15) is 9.59 Å². The number of para-hydroxylation sites is 1. The maximum absolute atomic E-state index is 12.9. The molecule has 5 rings (SSSR count). The summed E-state index contributed by atoms with van der Waals surface area (Å²) in [4.78, 5) is 37.2. The van der Waals surface area contributed by atoms with E-state index in [2.05, 4.69) is 20.3 Å². The molecule has 1 aromatic carbocycles. The maximum Gasteiger partial charge on any atom is 0.354 e. The molecule has 0 fully saturated rings. The quantitative estimate of drug-likeness (QED) is 0.460. The summed E-state index contributed by atoms with van der Waals surface area (Å²) in [7, 11) is 0. The number of nitrogens with zero attached hydrogens (tertiary/aromatic N) is 4. The Bertz CT molecular complexity index is 1410. The van der Waals surface area contributed by atoms with Gasteiger partial charge in [-0.15, -0.1) is 0 Å². The van der Waals surface area contributed by atoms with E-state index in [0.29, 0.717) is 27.7 Å². The van der Waals surface area contributed by atoms with Crippen LogP contribution >= 0.6 is 11.3 Å². The monoisotopic (exact) mass is 415 g/mol. The van der Waals surface area contributed by atoms with E-state index in [-0.39, 0.29) is 11.6 Å². The second-order valence-corrected chi connectivity index (χ2v) is 7.46. The highest BCUT2D eigenvalue weighted by Gasteiger charge is 2.17. The first kappa shape index (κ1) is 18.0. The number of anilines is 1. The van der Waals surface area contributed by atoms with Crippen LogP contribution in [0.3, 0.4) is 0 Å². The van der Waals surface area contributed by atoms with Gasteiger partial charge in [0.25, 0.3) is 5.91 Å². The Morgan fingerprint density at radius 1 is 0.933 bits per heavy atom. The van der Waals surface area contributed by atoms with Gasteiger partial charge >= 0.3 is 5.97 Å². The number of aromatic nitrogens is 4. The molecule has 0 bridgehead atoms. The number of hydrogen-bond donors (Lipinski definition) is 2. The summed E-state index contributed by atoms with van der Waals surface area (Å²) in [5.74, 6) is -1.44. The van der Waals surface area contributed by atoms with Gasteiger partial charge in [0.1, 0.15) is 17.0 Å². The zero-order chi connectivity index (χ0) is 20.7. The van der Waals surface area contributed by atoms with E-state index in [1.165, 1.54) is 17.4 Å². The van der Waals surface area contributed by atoms with Crippen molar-refractivity contribution in [3.63, 3.8) is 0 Å². The molecule has 0 aliphatic rings. The summed E-state index contributed by atoms with van der Waals surface area (Å²) in [6.07, 6.45) is 3.47. The van der Waals surface area contributed by atoms with Crippen LogP contribution < -0.4 is 5.32 Å². The Hall–Kier alpha value is -4.11. The van der Waals surface area contributed by atoms with Crippen molar-refractivity contribution in [2.75, 3.05) is 5.32 Å². The van der Waals surface area contributed by atoms with E-state index in [0.717, 1.165) is 10.2 Å². The Balaban J connectivity index is 1.51. The molecule has 4 heterocycles. The summed E-state index contributed by atoms with van der Waals surface area (Å²) < 4.78 is 2.69. The lowest BCUT2D eigenvalue weighted by Crippen LogP contribution is -2.13. The number of pyridine rings is 2. The molecule has 0 unspecified atom stereocenters. The predicted molar refractivity (Wildman–Crippen MR) is 113 cm³/mol. The van der Waals surface area contributed by atoms with Crippen molar-refractivity contribution in [2.24, 2.45) is 0 Å². The number of carboxylic acid groups (broad SMARTS) is 1. The van der Waals surface area contributed by atoms with E-state index in [1.807, 2.05) is 24.3 Å². The first-order valence-electron chi connectivity index (χ1n) is 8.94. The first-order chi connectivity index (χ1) is 14.6. The smallest absolute Gasteiger partial charge is 0.354 e. The topological polar surface area (TPSA) is 109 Å². The van der Waals surface area contributed by atoms with Crippen molar-refractivity contribution in [1.29, 1.82) is 0 Å². The molecule has 0 atom stereocenters. The molecule has 30 heavy (non-hydrogen) atoms. The van der Waals surface area contributed by atoms with Gasteiger partial charge in [0.15, 0.2) is 5.13 Å². The third-order valence-electron chi connectivity index (χ3n) is 4.47. The number of rotatable bonds is 4. The molecule has 0 aliphatic heterocycles. The summed E-state index contributed by atoms with van der Waals surface area (Å²) in [5.41, 5.74) is 2.45. The average molecular weight is 415 g/mol. The summed E-state index contributed by atoms with van der Waals surface area (Å²) in [6.45, 7) is 0. The van der Waals surface area contributed by atoms with E-state index < -0.39 is 5.97 Å². The first-order valence-corrected chi connectivity index (χ1v) is 9.75. The van der Waals surface area contributed by atoms with Crippen LogP contribution in [0, 0.1) is 0 Å². The molecular formula is C21H13N5O3S. The Kier molecular flexibility index (Phi) is 4.22. The van der Waals surface area contributed by atoms with Crippen LogP contribution in [0.2, 0.25) is 0 Å². The second kappa shape index (κ2) is 7.05. The predicted octanol–water partition coefficient (Wildman–Crippen LogP) is 3.96. The van der Waals surface area contributed by atoms with Gasteiger partial charge < -0.3 is 9.51 Å². The minimum absolute atomic E-state index is 0.0710. The molecule has 0 aliphatic carbocycles. The zero-order valence-electron chi connectivity index (χ0n) is 15.3. The van der Waals surface area contributed by atoms with Gasteiger partial charge in [-0.05, 0) is 36.4 Å². The normalized spacial score (nSPS) is 11.1. The van der Waals surface area contributed by atoms with Gasteiger partial charge in [-0.3, -0.25) is 10.1 Å². The Morgan fingerprint density at radius 3 is 2.63 bits per heavy atom. The molecule has 1 amide bonds. The van der Waals surface area contributed by atoms with Crippen LogP contribution in [0.25, 0.3) is 27.3 Å². The molecule has 0 radical (unpaired) electrons. The summed E-state index contributed by atoms with van der Waals surface area (Å²) in [5, 5.41) is 12.5. The molecule has 2 N–H and O–H groups in total. The molecular weight excluding hydrogens is 402 g/mol. The molecule has 0 spiro atoms. The third-order valence-corrected chi connectivity index (χ3v) is 5.42. The van der Waals surface area contributed by atoms with Crippen molar-refractivity contribution >= 4 is 44.2 Å². The van der Waals surface area contributed by atoms with E-state index >= 15 is 0 Å². The van der Waals surface area contributed by atoms with Crippen molar-refractivity contribution < 1.29 is 14.7 Å². The maximum atomic E-state index is 12.9. The third kappa shape index (κ3) is 3.16. The number of aromatic carboxylic acids is 1. The minimum atomic E-state index is -1.11. The standard InChI is InChI=1S/C21H13N5O3S/c27-19(25-21-24-14-6-1-2-9-17(14)30-21)12-5-4-10-26-11-16(23-18(12)26)13-7-3-8-15(22-13)20(28)29/h1-11H,(H,28,29)(H,24,25,27). The number of imidazole rings is 1. The number of benzene rings is 1. The number of carbonyl (C=O) groups is 2. The van der Waals surface area contributed by atoms with Crippen LogP contribution in [0.1, 0.15) is 20.8 Å². The number of carboxylic acids is 1. The number of hydrogen-bond acceptors (Lipinski definition) is 6. The minimum Gasteiger partial charge on any atom is -0.477 e. The Labute approximate surface area is 173 Å². The molecule has 0 saturated carbocycles. The summed E-state index contributed by atoms with van der Waals surface area (Å²) in [6, 6.07) is 15.8. The number of fused-ring (bicyclic) bond motifs is 2. The average Bonchev–Trinajstić information content (AvgIpc) is 3.37. The van der Waals surface area contributed by atoms with Crippen LogP contribution in [-0.2, 0) is 0 Å². The van der Waals surface area contributed by atoms with Crippen molar-refractivity contribution in [3.8, 4) is 11.4 Å². The van der Waals surface area contributed by atoms with E-state index in [1.54, 1.807) is 41.1 Å². The Morgan fingerprint density at radius 2 is 1.80 bits per heavy atom. The number of thiazole rings is 1. The zero-order valence-corrected chi connectivity index (χ0v) is 16.1. The van der Waals surface area contributed by atoms with Gasteiger partial charge in [0.2, 0.25) is 0 Å². The molecule has 146 valence electrons. The van der Waals surface area contributed by atoms with Crippen LogP contribution in [0.5, 0.6) is 0 Å². The number of nitrogens with one attached hydrogen (secondary N) is 1. The lowest BCUT2D eigenvalue weighted by Gasteiger charge is -2.03. The molecule has 5 aromatic rings. The van der Waals surface area contributed by atoms with Crippen LogP contribution in [-0.4, -0.2) is 36.3 Å². The number of amides is 1. The van der Waals surface area contributed by atoms with Gasteiger partial charge in [0.05, 0.1) is 21.5 Å². The lowest BCUT2D eigenvalue weighted by molar-refractivity contribution is 0.0690. The van der Waals surface area contributed by atoms with Crippen molar-refractivity contribution in [2.45, 2.75) is 0 Å². The van der Waals surface area contributed by atoms with Gasteiger partial charge in [0, 0.05) is 12.4 Å². The highest BCUT2D eigenvalue weighted by molar-refractivity contribution is 7.22. The van der Waals surface area contributed by atoms with Gasteiger partial charge in [-0.25, -0.2) is 19.7 Å². The van der Waals surface area contributed by atoms with Gasteiger partial charge in [-0.1, -0.05) is 29.5 Å². The van der Waals surface area contributed by atoms with Gasteiger partial charge in [-0.2, -0.15) is 0 Å². The SMILES string of the molecule is O=C(O)c1cccc(-c2cn3cccc(C(=O)Nc4nc5ccccc5s4)c3n2)n1. The van der Waals surface area contributed by atoms with E-state index in [4.69, 9.17) is 5.11 Å². The van der Waals surface area contributed by atoms with Crippen LogP contribution in [0.15, 0.2) is 67.0 Å². The molecule has 4 aromatic heterocycles. The van der Waals surface area contributed by atoms with Crippen LogP contribution in [0.4, 0.5) is 5.13 Å². The highest BCUT2D eigenvalue weighted by Crippen LogP contribution is 2.26. The largest absolute Gasteiger partial charge is 0.477 e. The fourth-order valence-electron chi connectivity index (χ4n) is 3.10. The molecule has 8 nitrogen and oxygen atoms in total. The summed E-state index contributed by atoms with van der Waals surface area (Å²) >= 11 is 1.40. The number of carbonyl (C=O) groups excluding carboxylic acids is 1. The molecule has 0 saturated heterocycles.